The molecule has 0 aromatic carbocycles. The average molecular weight is 422 g/mol. The summed E-state index contributed by atoms with van der Waals surface area (Å²) in [6.07, 6.45) is 13.3. The molecule has 2 fully saturated rings. The van der Waals surface area contributed by atoms with Gasteiger partial charge in [-0.05, 0) is 57.8 Å². The lowest BCUT2D eigenvalue weighted by molar-refractivity contribution is -0.143. The van der Waals surface area contributed by atoms with Crippen LogP contribution in [0, 0.1) is 5.92 Å². The second-order valence-electron chi connectivity index (χ2n) is 8.48. The molecule has 2 saturated carbocycles. The van der Waals surface area contributed by atoms with Crippen molar-refractivity contribution in [1.29, 1.82) is 0 Å². The third kappa shape index (κ3) is 6.43. The molecule has 6 nitrogen and oxygen atoms in total. The maximum atomic E-state index is 13.3. The van der Waals surface area contributed by atoms with E-state index in [0.29, 0.717) is 36.7 Å². The second-order valence-corrected chi connectivity index (χ2v) is 9.59. The standard InChI is InChI=1S/C22H35N3O3S/c1-3-28-20(26)14-13-19-15-23-21(29-19)24-22(27)25(17-7-5-4-6-8-17)18-11-9-16(2)10-12-18/h15-18H,3-14H2,1-2H3,(H,23,24,27)/t16-,18-. The van der Waals surface area contributed by atoms with Crippen LogP contribution in [-0.2, 0) is 16.0 Å². The van der Waals surface area contributed by atoms with Crippen LogP contribution < -0.4 is 5.32 Å². The van der Waals surface area contributed by atoms with Crippen molar-refractivity contribution in [2.75, 3.05) is 11.9 Å². The molecule has 0 aliphatic heterocycles. The number of aryl methyl sites for hydroxylation is 1. The Kier molecular flexibility index (Phi) is 8.33. The van der Waals surface area contributed by atoms with Crippen LogP contribution in [0.15, 0.2) is 6.20 Å². The summed E-state index contributed by atoms with van der Waals surface area (Å²) < 4.78 is 4.98. The fourth-order valence-electron chi connectivity index (χ4n) is 4.60. The van der Waals surface area contributed by atoms with Crippen molar-refractivity contribution in [2.45, 2.75) is 96.6 Å². The molecule has 2 aliphatic carbocycles. The Morgan fingerprint density at radius 2 is 1.83 bits per heavy atom. The van der Waals surface area contributed by atoms with Gasteiger partial charge >= 0.3 is 12.0 Å². The third-order valence-electron chi connectivity index (χ3n) is 6.23. The molecule has 0 spiro atoms. The van der Waals surface area contributed by atoms with Gasteiger partial charge in [0.05, 0.1) is 13.0 Å². The summed E-state index contributed by atoms with van der Waals surface area (Å²) in [5, 5.41) is 3.68. The largest absolute Gasteiger partial charge is 0.466 e. The zero-order valence-corrected chi connectivity index (χ0v) is 18.6. The van der Waals surface area contributed by atoms with Crippen molar-refractivity contribution in [3.05, 3.63) is 11.1 Å². The predicted octanol–water partition coefficient (Wildman–Crippen LogP) is 5.38. The van der Waals surface area contributed by atoms with E-state index < -0.39 is 0 Å². The molecule has 2 amide bonds. The molecular weight excluding hydrogens is 386 g/mol. The van der Waals surface area contributed by atoms with Gasteiger partial charge in [-0.15, -0.1) is 11.3 Å². The van der Waals surface area contributed by atoms with Crippen molar-refractivity contribution >= 4 is 28.5 Å². The molecule has 1 aromatic rings. The summed E-state index contributed by atoms with van der Waals surface area (Å²) in [4.78, 5) is 32.3. The zero-order chi connectivity index (χ0) is 20.6. The second kappa shape index (κ2) is 11.0. The molecular formula is C22H35N3O3S. The van der Waals surface area contributed by atoms with Gasteiger partial charge in [0.25, 0.3) is 0 Å². The summed E-state index contributed by atoms with van der Waals surface area (Å²) in [6.45, 7) is 4.53. The highest BCUT2D eigenvalue weighted by Gasteiger charge is 2.34. The predicted molar refractivity (Wildman–Crippen MR) is 116 cm³/mol. The number of amides is 2. The molecule has 162 valence electrons. The van der Waals surface area contributed by atoms with E-state index in [-0.39, 0.29) is 12.0 Å². The summed E-state index contributed by atoms with van der Waals surface area (Å²) in [7, 11) is 0. The summed E-state index contributed by atoms with van der Waals surface area (Å²) in [6, 6.07) is 0.700. The molecule has 1 aromatic heterocycles. The van der Waals surface area contributed by atoms with Crippen LogP contribution in [0.1, 0.15) is 82.9 Å². The maximum absolute atomic E-state index is 13.3. The quantitative estimate of drug-likeness (QED) is 0.600. The first-order valence-electron chi connectivity index (χ1n) is 11.3. The number of nitrogens with one attached hydrogen (secondary N) is 1. The van der Waals surface area contributed by atoms with E-state index in [4.69, 9.17) is 4.74 Å². The molecule has 0 atom stereocenters. The molecule has 2 aliphatic rings. The number of rotatable bonds is 7. The molecule has 3 rings (SSSR count). The molecule has 1 heterocycles. The third-order valence-corrected chi connectivity index (χ3v) is 7.20. The average Bonchev–Trinajstić information content (AvgIpc) is 3.16. The number of aromatic nitrogens is 1. The van der Waals surface area contributed by atoms with Gasteiger partial charge in [0, 0.05) is 23.2 Å². The van der Waals surface area contributed by atoms with Crippen LogP contribution in [0.25, 0.3) is 0 Å². The van der Waals surface area contributed by atoms with Crippen molar-refractivity contribution < 1.29 is 14.3 Å². The van der Waals surface area contributed by atoms with Gasteiger partial charge in [-0.2, -0.15) is 0 Å². The lowest BCUT2D eigenvalue weighted by atomic mass is 9.84. The maximum Gasteiger partial charge on any atom is 0.324 e. The highest BCUT2D eigenvalue weighted by molar-refractivity contribution is 7.15. The van der Waals surface area contributed by atoms with E-state index >= 15 is 0 Å². The van der Waals surface area contributed by atoms with Gasteiger partial charge in [0.15, 0.2) is 5.13 Å². The monoisotopic (exact) mass is 421 g/mol. The van der Waals surface area contributed by atoms with Gasteiger partial charge in [0.2, 0.25) is 0 Å². The summed E-state index contributed by atoms with van der Waals surface area (Å²) in [5.41, 5.74) is 0. The minimum absolute atomic E-state index is 0.00254. The smallest absolute Gasteiger partial charge is 0.324 e. The van der Waals surface area contributed by atoms with Crippen LogP contribution in [-0.4, -0.2) is 40.6 Å². The number of esters is 1. The fourth-order valence-corrected chi connectivity index (χ4v) is 5.41. The van der Waals surface area contributed by atoms with E-state index in [1.807, 2.05) is 6.92 Å². The fraction of sp³-hybridized carbons (Fsp3) is 0.773. The number of carbonyl (C=O) groups excluding carboxylic acids is 2. The molecule has 0 radical (unpaired) electrons. The Bertz CT molecular complexity index is 664. The first kappa shape index (κ1) is 22.1. The van der Waals surface area contributed by atoms with Crippen molar-refractivity contribution in [2.24, 2.45) is 5.92 Å². The van der Waals surface area contributed by atoms with Gasteiger partial charge in [-0.3, -0.25) is 10.1 Å². The Morgan fingerprint density at radius 1 is 1.14 bits per heavy atom. The van der Waals surface area contributed by atoms with E-state index in [2.05, 4.69) is 22.1 Å². The van der Waals surface area contributed by atoms with Crippen molar-refractivity contribution in [3.63, 3.8) is 0 Å². The number of anilines is 1. The molecule has 0 unspecified atom stereocenters. The summed E-state index contributed by atoms with van der Waals surface area (Å²) >= 11 is 1.45. The highest BCUT2D eigenvalue weighted by atomic mass is 32.1. The number of urea groups is 1. The number of carbonyl (C=O) groups is 2. The van der Waals surface area contributed by atoms with Gasteiger partial charge in [-0.25, -0.2) is 9.78 Å². The van der Waals surface area contributed by atoms with E-state index in [9.17, 15) is 9.59 Å². The van der Waals surface area contributed by atoms with Crippen LogP contribution in [0.2, 0.25) is 0 Å². The SMILES string of the molecule is CCOC(=O)CCc1cnc(NC(=O)N(C2CCCCC2)[C@H]2CC[C@H](C)CC2)s1. The summed E-state index contributed by atoms with van der Waals surface area (Å²) in [5.74, 6) is 0.574. The van der Waals surface area contributed by atoms with Crippen molar-refractivity contribution in [1.82, 2.24) is 9.88 Å². The van der Waals surface area contributed by atoms with Crippen LogP contribution in [0.5, 0.6) is 0 Å². The minimum atomic E-state index is -0.193. The van der Waals surface area contributed by atoms with Gasteiger partial charge < -0.3 is 9.64 Å². The Labute approximate surface area is 178 Å². The molecule has 0 bridgehead atoms. The normalized spacial score (nSPS) is 22.8. The first-order chi connectivity index (χ1) is 14.1. The van der Waals surface area contributed by atoms with Crippen molar-refractivity contribution in [3.8, 4) is 0 Å². The van der Waals surface area contributed by atoms with E-state index in [1.165, 1.54) is 43.4 Å². The Balaban J connectivity index is 1.61. The van der Waals surface area contributed by atoms with Crippen LogP contribution >= 0.6 is 11.3 Å². The highest BCUT2D eigenvalue weighted by Crippen LogP contribution is 2.33. The topological polar surface area (TPSA) is 71.5 Å². The van der Waals surface area contributed by atoms with Crippen LogP contribution in [0.4, 0.5) is 9.93 Å². The molecule has 1 N–H and O–H groups in total. The molecule has 29 heavy (non-hydrogen) atoms. The number of nitrogens with zero attached hydrogens (tertiary/aromatic N) is 2. The lowest BCUT2D eigenvalue weighted by Gasteiger charge is -2.42. The number of hydrogen-bond donors (Lipinski definition) is 1. The first-order valence-corrected chi connectivity index (χ1v) is 12.1. The minimum Gasteiger partial charge on any atom is -0.466 e. The van der Waals surface area contributed by atoms with Gasteiger partial charge in [-0.1, -0.05) is 26.2 Å². The van der Waals surface area contributed by atoms with Gasteiger partial charge in [0.1, 0.15) is 0 Å². The lowest BCUT2D eigenvalue weighted by Crippen LogP contribution is -2.51. The van der Waals surface area contributed by atoms with E-state index in [1.54, 1.807) is 6.20 Å². The van der Waals surface area contributed by atoms with E-state index in [0.717, 1.165) is 36.5 Å². The molecule has 0 saturated heterocycles. The number of hydrogen-bond acceptors (Lipinski definition) is 5. The Morgan fingerprint density at radius 3 is 2.52 bits per heavy atom. The molecule has 7 heteroatoms. The Hall–Kier alpha value is -1.63. The zero-order valence-electron chi connectivity index (χ0n) is 17.8. The number of ether oxygens (including phenoxy) is 1. The van der Waals surface area contributed by atoms with Crippen LogP contribution in [0.3, 0.4) is 0 Å². The number of thiazole rings is 1.